The summed E-state index contributed by atoms with van der Waals surface area (Å²) in [6.07, 6.45) is 1.94. The molecule has 11 heteroatoms. The van der Waals surface area contributed by atoms with Crippen LogP contribution in [-0.4, -0.2) is 56.0 Å². The average Bonchev–Trinajstić information content (AvgIpc) is 3.00. The van der Waals surface area contributed by atoms with Gasteiger partial charge in [-0.25, -0.2) is 12.7 Å². The Bertz CT molecular complexity index is 1220. The number of benzene rings is 1. The molecule has 1 aromatic carbocycles. The molecule has 0 aliphatic carbocycles. The van der Waals surface area contributed by atoms with Gasteiger partial charge in [-0.1, -0.05) is 31.8 Å². The molecule has 0 aliphatic rings. The fraction of sp³-hybridized carbons (Fsp3) is 0.429. The van der Waals surface area contributed by atoms with Crippen LogP contribution in [-0.2, 0) is 21.5 Å². The van der Waals surface area contributed by atoms with Crippen molar-refractivity contribution < 1.29 is 13.2 Å². The van der Waals surface area contributed by atoms with Crippen LogP contribution in [0.5, 0.6) is 0 Å². The summed E-state index contributed by atoms with van der Waals surface area (Å²) in [6.45, 7) is 9.92. The molecule has 0 spiro atoms. The van der Waals surface area contributed by atoms with Crippen LogP contribution in [0.15, 0.2) is 35.4 Å². The first-order chi connectivity index (χ1) is 14.9. The van der Waals surface area contributed by atoms with Crippen LogP contribution in [0.3, 0.4) is 0 Å². The fourth-order valence-electron chi connectivity index (χ4n) is 3.20. The Kier molecular flexibility index (Phi) is 7.30. The SMILES string of the molecule is Cc1cn(COCC[Si](C)(C)C)c2nc(Cl)nc(Nc3ccccc3S(=O)(=O)N(C)C)c12. The van der Waals surface area contributed by atoms with E-state index in [2.05, 4.69) is 34.9 Å². The molecule has 1 N–H and O–H groups in total. The normalized spacial score (nSPS) is 12.6. The van der Waals surface area contributed by atoms with E-state index in [-0.39, 0.29) is 10.2 Å². The average molecular weight is 496 g/mol. The number of nitrogens with zero attached hydrogens (tertiary/aromatic N) is 4. The topological polar surface area (TPSA) is 89.3 Å². The summed E-state index contributed by atoms with van der Waals surface area (Å²) < 4.78 is 34.5. The number of hydrogen-bond acceptors (Lipinski definition) is 6. The van der Waals surface area contributed by atoms with Crippen LogP contribution >= 0.6 is 11.6 Å². The Balaban J connectivity index is 1.97. The van der Waals surface area contributed by atoms with E-state index < -0.39 is 18.1 Å². The maximum absolute atomic E-state index is 12.8. The quantitative estimate of drug-likeness (QED) is 0.263. The van der Waals surface area contributed by atoms with Crippen LogP contribution in [0.2, 0.25) is 31.0 Å². The second-order valence-electron chi connectivity index (χ2n) is 9.08. The van der Waals surface area contributed by atoms with Gasteiger partial charge in [0.1, 0.15) is 23.1 Å². The zero-order chi connectivity index (χ0) is 23.7. The molecule has 3 aromatic rings. The molecule has 32 heavy (non-hydrogen) atoms. The van der Waals surface area contributed by atoms with Gasteiger partial charge in [0.15, 0.2) is 0 Å². The van der Waals surface area contributed by atoms with Gasteiger partial charge in [0.05, 0.1) is 11.1 Å². The second-order valence-corrected chi connectivity index (χ2v) is 17.2. The highest BCUT2D eigenvalue weighted by atomic mass is 35.5. The second kappa shape index (κ2) is 9.48. The van der Waals surface area contributed by atoms with Gasteiger partial charge in [0.2, 0.25) is 15.3 Å². The highest BCUT2D eigenvalue weighted by molar-refractivity contribution is 7.89. The number of para-hydroxylation sites is 1. The van der Waals surface area contributed by atoms with Crippen LogP contribution < -0.4 is 5.32 Å². The van der Waals surface area contributed by atoms with Crippen molar-refractivity contribution in [1.29, 1.82) is 0 Å². The van der Waals surface area contributed by atoms with Crippen LogP contribution in [0, 0.1) is 6.92 Å². The Morgan fingerprint density at radius 1 is 1.19 bits per heavy atom. The van der Waals surface area contributed by atoms with Crippen LogP contribution in [0.25, 0.3) is 11.0 Å². The van der Waals surface area contributed by atoms with Gasteiger partial charge < -0.3 is 14.6 Å². The number of ether oxygens (including phenoxy) is 1. The summed E-state index contributed by atoms with van der Waals surface area (Å²) in [5.41, 5.74) is 1.97. The van der Waals surface area contributed by atoms with Gasteiger partial charge >= 0.3 is 0 Å². The lowest BCUT2D eigenvalue weighted by molar-refractivity contribution is 0.0898. The van der Waals surface area contributed by atoms with Crippen molar-refractivity contribution in [3.63, 3.8) is 0 Å². The molecule has 3 rings (SSSR count). The Hall–Kier alpha value is -1.98. The van der Waals surface area contributed by atoms with E-state index in [9.17, 15) is 8.42 Å². The maximum atomic E-state index is 12.8. The Labute approximate surface area is 195 Å². The van der Waals surface area contributed by atoms with Gasteiger partial charge in [0.25, 0.3) is 0 Å². The number of sulfonamides is 1. The lowest BCUT2D eigenvalue weighted by Gasteiger charge is -2.17. The minimum atomic E-state index is -3.65. The van der Waals surface area contributed by atoms with Gasteiger partial charge in [-0.15, -0.1) is 0 Å². The molecule has 0 unspecified atom stereocenters. The Morgan fingerprint density at radius 2 is 1.88 bits per heavy atom. The van der Waals surface area contributed by atoms with Gasteiger partial charge in [-0.2, -0.15) is 9.97 Å². The van der Waals surface area contributed by atoms with Crippen LogP contribution in [0.4, 0.5) is 11.5 Å². The predicted molar refractivity (Wildman–Crippen MR) is 132 cm³/mol. The number of anilines is 2. The van der Waals surface area contributed by atoms with Gasteiger partial charge in [-0.3, -0.25) is 0 Å². The summed E-state index contributed by atoms with van der Waals surface area (Å²) >= 11 is 6.24. The maximum Gasteiger partial charge on any atom is 0.244 e. The molecular formula is C21H30ClN5O3SSi. The number of hydrogen-bond donors (Lipinski definition) is 1. The standard InChI is InChI=1S/C21H30ClN5O3SSi/c1-15-13-27(14-30-11-12-32(4,5)6)20-18(15)19(24-21(22)25-20)23-16-9-7-8-10-17(16)31(28,29)26(2)3/h7-10,13H,11-12,14H2,1-6H3,(H,23,24,25). The van der Waals surface area contributed by atoms with E-state index in [1.807, 2.05) is 17.7 Å². The first-order valence-electron chi connectivity index (χ1n) is 10.3. The van der Waals surface area contributed by atoms with Crippen molar-refractivity contribution in [2.45, 2.75) is 44.2 Å². The van der Waals surface area contributed by atoms with E-state index in [1.54, 1.807) is 24.3 Å². The molecule has 0 fully saturated rings. The third-order valence-corrected chi connectivity index (χ3v) is 8.75. The molecule has 0 saturated carbocycles. The minimum absolute atomic E-state index is 0.0643. The molecule has 0 bridgehead atoms. The lowest BCUT2D eigenvalue weighted by Crippen LogP contribution is -2.23. The van der Waals surface area contributed by atoms with E-state index in [4.69, 9.17) is 16.3 Å². The summed E-state index contributed by atoms with van der Waals surface area (Å²) in [5.74, 6) is 0.444. The molecule has 174 valence electrons. The van der Waals surface area contributed by atoms with Crippen molar-refractivity contribution in [1.82, 2.24) is 18.8 Å². The van der Waals surface area contributed by atoms with Crippen molar-refractivity contribution in [2.75, 3.05) is 26.0 Å². The number of halogens is 1. The molecule has 0 aliphatic heterocycles. The van der Waals surface area contributed by atoms with E-state index in [0.717, 1.165) is 17.0 Å². The zero-order valence-corrected chi connectivity index (χ0v) is 21.9. The minimum Gasteiger partial charge on any atom is -0.361 e. The molecular weight excluding hydrogens is 466 g/mol. The molecule has 0 atom stereocenters. The highest BCUT2D eigenvalue weighted by Crippen LogP contribution is 2.32. The van der Waals surface area contributed by atoms with Gasteiger partial charge in [-0.05, 0) is 42.3 Å². The van der Waals surface area contributed by atoms with Crippen LogP contribution in [0.1, 0.15) is 5.56 Å². The zero-order valence-electron chi connectivity index (χ0n) is 19.3. The molecule has 8 nitrogen and oxygen atoms in total. The fourth-order valence-corrected chi connectivity index (χ4v) is 5.16. The monoisotopic (exact) mass is 495 g/mol. The van der Waals surface area contributed by atoms with E-state index in [0.29, 0.717) is 30.5 Å². The largest absolute Gasteiger partial charge is 0.361 e. The number of aryl methyl sites for hydroxylation is 1. The molecule has 0 saturated heterocycles. The third kappa shape index (κ3) is 5.49. The number of nitrogens with one attached hydrogen (secondary N) is 1. The first kappa shape index (κ1) is 24.7. The first-order valence-corrected chi connectivity index (χ1v) is 15.8. The smallest absolute Gasteiger partial charge is 0.244 e. The number of aromatic nitrogens is 3. The summed E-state index contributed by atoms with van der Waals surface area (Å²) in [5, 5.41) is 4.00. The summed E-state index contributed by atoms with van der Waals surface area (Å²) in [4.78, 5) is 8.91. The number of rotatable bonds is 9. The number of fused-ring (bicyclic) bond motifs is 1. The van der Waals surface area contributed by atoms with Crippen molar-refractivity contribution >= 4 is 52.2 Å². The van der Waals surface area contributed by atoms with E-state index in [1.165, 1.54) is 18.4 Å². The Morgan fingerprint density at radius 3 is 2.53 bits per heavy atom. The molecule has 0 amide bonds. The lowest BCUT2D eigenvalue weighted by atomic mass is 10.2. The highest BCUT2D eigenvalue weighted by Gasteiger charge is 2.23. The summed E-state index contributed by atoms with van der Waals surface area (Å²) in [7, 11) is -1.83. The molecule has 0 radical (unpaired) electrons. The van der Waals surface area contributed by atoms with Gasteiger partial charge in [0, 0.05) is 35.0 Å². The summed E-state index contributed by atoms with van der Waals surface area (Å²) in [6, 6.07) is 7.78. The van der Waals surface area contributed by atoms with Crippen molar-refractivity contribution in [3.8, 4) is 0 Å². The van der Waals surface area contributed by atoms with Crippen molar-refractivity contribution in [2.24, 2.45) is 0 Å². The van der Waals surface area contributed by atoms with Crippen molar-refractivity contribution in [3.05, 3.63) is 41.3 Å². The molecule has 2 aromatic heterocycles. The third-order valence-electron chi connectivity index (χ3n) is 5.00. The molecule has 2 heterocycles. The van der Waals surface area contributed by atoms with E-state index >= 15 is 0 Å². The predicted octanol–water partition coefficient (Wildman–Crippen LogP) is 4.70.